The van der Waals surface area contributed by atoms with Crippen LogP contribution in [0.15, 0.2) is 71.5 Å². The van der Waals surface area contributed by atoms with Crippen LogP contribution in [0.1, 0.15) is 50.3 Å². The molecule has 0 radical (unpaired) electrons. The first-order valence-electron chi connectivity index (χ1n) is 11.7. The number of fused-ring (bicyclic) bond motifs is 1. The zero-order valence-electron chi connectivity index (χ0n) is 19.9. The molecule has 37 heavy (non-hydrogen) atoms. The molecule has 0 unspecified atom stereocenters. The highest BCUT2D eigenvalue weighted by Gasteiger charge is 2.37. The van der Waals surface area contributed by atoms with Crippen LogP contribution in [-0.2, 0) is 11.2 Å². The maximum absolute atomic E-state index is 13.0. The predicted molar refractivity (Wildman–Crippen MR) is 131 cm³/mol. The maximum atomic E-state index is 13.0. The Hall–Kier alpha value is -4.86. The van der Waals surface area contributed by atoms with Crippen molar-refractivity contribution < 1.29 is 28.4 Å². The minimum absolute atomic E-state index is 0.117. The van der Waals surface area contributed by atoms with Crippen LogP contribution in [0.2, 0.25) is 0 Å². The lowest BCUT2D eigenvalue weighted by Gasteiger charge is -2.14. The van der Waals surface area contributed by atoms with Gasteiger partial charge in [-0.15, -0.1) is 0 Å². The van der Waals surface area contributed by atoms with Crippen molar-refractivity contribution in [2.24, 2.45) is 0 Å². The predicted octanol–water partition coefficient (Wildman–Crippen LogP) is 4.12. The number of hydrogen-bond acceptors (Lipinski definition) is 9. The van der Waals surface area contributed by atoms with Crippen molar-refractivity contribution in [2.45, 2.75) is 19.8 Å². The van der Waals surface area contributed by atoms with Crippen LogP contribution in [0.25, 0.3) is 11.4 Å². The van der Waals surface area contributed by atoms with Crippen LogP contribution in [0.3, 0.4) is 0 Å². The largest absolute Gasteiger partial charge is 0.494 e. The summed E-state index contributed by atoms with van der Waals surface area (Å²) in [5.41, 5.74) is 1.74. The minimum Gasteiger partial charge on any atom is -0.494 e. The Morgan fingerprint density at radius 1 is 1.03 bits per heavy atom. The van der Waals surface area contributed by atoms with E-state index in [0.29, 0.717) is 42.6 Å². The number of carbonyl (C=O) groups excluding carboxylic acids is 3. The maximum Gasteiger partial charge on any atom is 0.338 e. The van der Waals surface area contributed by atoms with Gasteiger partial charge in [0.1, 0.15) is 5.75 Å². The molecule has 0 spiro atoms. The van der Waals surface area contributed by atoms with E-state index in [9.17, 15) is 14.4 Å². The smallest absolute Gasteiger partial charge is 0.338 e. The van der Waals surface area contributed by atoms with E-state index in [1.165, 1.54) is 18.2 Å². The minimum atomic E-state index is -0.593. The van der Waals surface area contributed by atoms with Crippen LogP contribution in [-0.4, -0.2) is 46.1 Å². The molecule has 2 amide bonds. The van der Waals surface area contributed by atoms with Gasteiger partial charge in [-0.3, -0.25) is 14.6 Å². The Kier molecular flexibility index (Phi) is 6.71. The molecule has 2 aromatic heterocycles. The fourth-order valence-corrected chi connectivity index (χ4v) is 3.90. The Labute approximate surface area is 211 Å². The second-order valence-electron chi connectivity index (χ2n) is 8.13. The van der Waals surface area contributed by atoms with Gasteiger partial charge in [0.25, 0.3) is 11.8 Å². The SMILES string of the molecule is CCOc1ccc(N2C(=O)c3ccc(C(=O)OCCCc4nc(-c5cccnc5)no4)cc3C2=O)cc1. The van der Waals surface area contributed by atoms with Gasteiger partial charge < -0.3 is 14.0 Å². The highest BCUT2D eigenvalue weighted by Crippen LogP contribution is 2.30. The summed E-state index contributed by atoms with van der Waals surface area (Å²) in [4.78, 5) is 47.9. The molecule has 5 rings (SSSR count). The molecule has 10 nitrogen and oxygen atoms in total. The van der Waals surface area contributed by atoms with Crippen LogP contribution >= 0.6 is 0 Å². The van der Waals surface area contributed by atoms with Crippen molar-refractivity contribution in [3.05, 3.63) is 89.6 Å². The average Bonchev–Trinajstić information content (AvgIpc) is 3.50. The van der Waals surface area contributed by atoms with E-state index in [1.54, 1.807) is 42.7 Å². The lowest BCUT2D eigenvalue weighted by Crippen LogP contribution is -2.29. The van der Waals surface area contributed by atoms with Gasteiger partial charge in [0, 0.05) is 24.4 Å². The molecule has 0 aliphatic carbocycles. The van der Waals surface area contributed by atoms with Gasteiger partial charge in [-0.05, 0) is 67.9 Å². The number of aromatic nitrogens is 3. The van der Waals surface area contributed by atoms with Gasteiger partial charge in [0.15, 0.2) is 0 Å². The van der Waals surface area contributed by atoms with E-state index < -0.39 is 17.8 Å². The molecule has 4 aromatic rings. The van der Waals surface area contributed by atoms with Gasteiger partial charge in [-0.25, -0.2) is 9.69 Å². The van der Waals surface area contributed by atoms with Gasteiger partial charge in [-0.1, -0.05) is 5.16 Å². The van der Waals surface area contributed by atoms with Gasteiger partial charge in [0.05, 0.1) is 35.6 Å². The molecule has 0 saturated heterocycles. The summed E-state index contributed by atoms with van der Waals surface area (Å²) < 4.78 is 16.0. The van der Waals surface area contributed by atoms with Crippen molar-refractivity contribution in [2.75, 3.05) is 18.1 Å². The molecular formula is C27H22N4O6. The molecule has 0 fully saturated rings. The lowest BCUT2D eigenvalue weighted by molar-refractivity contribution is 0.0498. The van der Waals surface area contributed by atoms with Crippen molar-refractivity contribution in [1.82, 2.24) is 15.1 Å². The van der Waals surface area contributed by atoms with Crippen LogP contribution < -0.4 is 9.64 Å². The highest BCUT2D eigenvalue weighted by atomic mass is 16.5. The number of imide groups is 1. The number of carbonyl (C=O) groups is 3. The Balaban J connectivity index is 1.18. The summed E-state index contributed by atoms with van der Waals surface area (Å²) in [6.45, 7) is 2.50. The zero-order chi connectivity index (χ0) is 25.8. The number of esters is 1. The summed E-state index contributed by atoms with van der Waals surface area (Å²) in [7, 11) is 0. The van der Waals surface area contributed by atoms with Gasteiger partial charge in [0.2, 0.25) is 11.7 Å². The molecule has 1 aliphatic heterocycles. The molecule has 0 bridgehead atoms. The molecule has 0 N–H and O–H groups in total. The molecule has 0 saturated carbocycles. The standard InChI is InChI=1S/C27H22N4O6/c1-2-35-20-10-8-19(9-11-20)31-25(32)21-12-7-17(15-22(21)26(31)33)27(34)36-14-4-6-23-29-24(30-37-23)18-5-3-13-28-16-18/h3,5,7-13,15-16H,2,4,6,14H2,1H3. The molecule has 186 valence electrons. The first-order valence-corrected chi connectivity index (χ1v) is 11.7. The van der Waals surface area contributed by atoms with Crippen molar-refractivity contribution in [1.29, 1.82) is 0 Å². The van der Waals surface area contributed by atoms with Gasteiger partial charge in [-0.2, -0.15) is 4.98 Å². The van der Waals surface area contributed by atoms with Crippen molar-refractivity contribution in [3.8, 4) is 17.1 Å². The first-order chi connectivity index (χ1) is 18.0. The number of nitrogens with zero attached hydrogens (tertiary/aromatic N) is 4. The number of anilines is 1. The number of ether oxygens (including phenoxy) is 2. The third kappa shape index (κ3) is 4.94. The number of rotatable bonds is 9. The van der Waals surface area contributed by atoms with Crippen LogP contribution in [0.5, 0.6) is 5.75 Å². The number of amides is 2. The normalized spacial score (nSPS) is 12.5. The van der Waals surface area contributed by atoms with E-state index in [2.05, 4.69) is 15.1 Å². The first kappa shape index (κ1) is 23.9. The molecule has 1 aliphatic rings. The summed E-state index contributed by atoms with van der Waals surface area (Å²) in [5.74, 6) is -0.0402. The molecule has 0 atom stereocenters. The second-order valence-corrected chi connectivity index (χ2v) is 8.13. The average molecular weight is 498 g/mol. The Bertz CT molecular complexity index is 1450. The topological polar surface area (TPSA) is 125 Å². The fourth-order valence-electron chi connectivity index (χ4n) is 3.90. The Morgan fingerprint density at radius 2 is 1.84 bits per heavy atom. The summed E-state index contributed by atoms with van der Waals surface area (Å²) in [6, 6.07) is 14.6. The van der Waals surface area contributed by atoms with Crippen molar-refractivity contribution in [3.63, 3.8) is 0 Å². The van der Waals surface area contributed by atoms with E-state index in [4.69, 9.17) is 14.0 Å². The molecular weight excluding hydrogens is 476 g/mol. The zero-order valence-corrected chi connectivity index (χ0v) is 19.9. The summed E-state index contributed by atoms with van der Waals surface area (Å²) >= 11 is 0. The summed E-state index contributed by atoms with van der Waals surface area (Å²) in [6.07, 6.45) is 4.19. The fraction of sp³-hybridized carbons (Fsp3) is 0.185. The third-order valence-electron chi connectivity index (χ3n) is 5.68. The van der Waals surface area contributed by atoms with E-state index >= 15 is 0 Å². The highest BCUT2D eigenvalue weighted by molar-refractivity contribution is 6.34. The monoisotopic (exact) mass is 498 g/mol. The quantitative estimate of drug-likeness (QED) is 0.190. The number of benzene rings is 2. The van der Waals surface area contributed by atoms with Crippen LogP contribution in [0.4, 0.5) is 5.69 Å². The Morgan fingerprint density at radius 3 is 2.59 bits per heavy atom. The number of aryl methyl sites for hydroxylation is 1. The van der Waals surface area contributed by atoms with E-state index in [0.717, 1.165) is 10.5 Å². The van der Waals surface area contributed by atoms with E-state index in [-0.39, 0.29) is 23.3 Å². The number of pyridine rings is 1. The number of hydrogen-bond donors (Lipinski definition) is 0. The van der Waals surface area contributed by atoms with Gasteiger partial charge >= 0.3 is 5.97 Å². The molecule has 3 heterocycles. The lowest BCUT2D eigenvalue weighted by atomic mass is 10.1. The second kappa shape index (κ2) is 10.4. The molecule has 10 heteroatoms. The van der Waals surface area contributed by atoms with Crippen LogP contribution in [0, 0.1) is 0 Å². The third-order valence-corrected chi connectivity index (χ3v) is 5.68. The molecule has 2 aromatic carbocycles. The summed E-state index contributed by atoms with van der Waals surface area (Å²) in [5, 5.41) is 3.93. The van der Waals surface area contributed by atoms with E-state index in [1.807, 2.05) is 13.0 Å². The van der Waals surface area contributed by atoms with Crippen molar-refractivity contribution >= 4 is 23.5 Å².